The minimum Gasteiger partial charge on any atom is -0.488 e. The zero-order valence-corrected chi connectivity index (χ0v) is 22.1. The standard InChI is InChI=1S/C26H30N6O4S/c1-15(2)37(33,34)30-18-10-12-31(13-18)26-28-21-9-8-19(23-16(3)29-36-17(23)4)25-24(21)32(26)22(14-35-25)20-7-5-6-11-27-20/h5-9,11,15,18,22,30H,10,12-14H2,1-4H3/t18-,22-/m1/s1. The summed E-state index contributed by atoms with van der Waals surface area (Å²) >= 11 is 0. The van der Waals surface area contributed by atoms with Gasteiger partial charge in [0.15, 0.2) is 5.75 Å². The van der Waals surface area contributed by atoms with Crippen molar-refractivity contribution in [1.82, 2.24) is 24.4 Å². The third-order valence-electron chi connectivity index (χ3n) is 7.24. The SMILES string of the molecule is Cc1noc(C)c1-c1ccc2nc(N3CC[C@@H](NS(=O)(=O)C(C)C)C3)n3c2c1OC[C@@H]3c1ccccn1. The van der Waals surface area contributed by atoms with Gasteiger partial charge in [-0.25, -0.2) is 18.1 Å². The summed E-state index contributed by atoms with van der Waals surface area (Å²) in [7, 11) is -3.36. The van der Waals surface area contributed by atoms with Crippen molar-refractivity contribution in [2.24, 2.45) is 0 Å². The Morgan fingerprint density at radius 1 is 1.16 bits per heavy atom. The molecule has 1 aromatic carbocycles. The van der Waals surface area contributed by atoms with Gasteiger partial charge in [-0.05, 0) is 58.4 Å². The maximum atomic E-state index is 12.5. The van der Waals surface area contributed by atoms with E-state index in [1.807, 2.05) is 44.2 Å². The third kappa shape index (κ3) is 3.97. The zero-order chi connectivity index (χ0) is 25.9. The zero-order valence-electron chi connectivity index (χ0n) is 21.3. The molecule has 10 nitrogen and oxygen atoms in total. The van der Waals surface area contributed by atoms with E-state index < -0.39 is 15.3 Å². The number of nitrogens with one attached hydrogen (secondary N) is 1. The number of anilines is 1. The lowest BCUT2D eigenvalue weighted by atomic mass is 10.0. The Morgan fingerprint density at radius 2 is 2.00 bits per heavy atom. The van der Waals surface area contributed by atoms with Crippen LogP contribution in [0.15, 0.2) is 41.1 Å². The summed E-state index contributed by atoms with van der Waals surface area (Å²) in [6.45, 7) is 8.82. The predicted molar refractivity (Wildman–Crippen MR) is 140 cm³/mol. The van der Waals surface area contributed by atoms with Gasteiger partial charge in [0.1, 0.15) is 23.9 Å². The average Bonchev–Trinajstić information content (AvgIpc) is 3.58. The van der Waals surface area contributed by atoms with Crippen LogP contribution in [0, 0.1) is 13.8 Å². The highest BCUT2D eigenvalue weighted by Gasteiger charge is 2.36. The van der Waals surface area contributed by atoms with E-state index >= 15 is 0 Å². The molecule has 0 radical (unpaired) electrons. The smallest absolute Gasteiger partial charge is 0.214 e. The Morgan fingerprint density at radius 3 is 2.70 bits per heavy atom. The molecule has 2 aliphatic heterocycles. The molecular weight excluding hydrogens is 492 g/mol. The van der Waals surface area contributed by atoms with Gasteiger partial charge in [-0.1, -0.05) is 11.2 Å². The Balaban J connectivity index is 1.48. The molecule has 2 aliphatic rings. The number of pyridine rings is 1. The van der Waals surface area contributed by atoms with E-state index in [1.54, 1.807) is 20.0 Å². The minimum absolute atomic E-state index is 0.175. The molecule has 5 heterocycles. The fourth-order valence-electron chi connectivity index (χ4n) is 5.31. The van der Waals surface area contributed by atoms with Crippen molar-refractivity contribution < 1.29 is 17.7 Å². The van der Waals surface area contributed by atoms with Crippen LogP contribution < -0.4 is 14.4 Å². The topological polar surface area (TPSA) is 115 Å². The Bertz CT molecular complexity index is 1560. The van der Waals surface area contributed by atoms with Crippen LogP contribution >= 0.6 is 0 Å². The summed E-state index contributed by atoms with van der Waals surface area (Å²) in [5.74, 6) is 2.26. The van der Waals surface area contributed by atoms with Gasteiger partial charge in [-0.15, -0.1) is 0 Å². The van der Waals surface area contributed by atoms with Gasteiger partial charge in [-0.2, -0.15) is 0 Å². The molecule has 6 rings (SSSR count). The van der Waals surface area contributed by atoms with Crippen LogP contribution in [0.5, 0.6) is 5.75 Å². The maximum absolute atomic E-state index is 12.5. The molecular formula is C26H30N6O4S. The number of hydrogen-bond acceptors (Lipinski definition) is 8. The Kier molecular flexibility index (Phi) is 5.72. The average molecular weight is 523 g/mol. The molecule has 3 aromatic heterocycles. The van der Waals surface area contributed by atoms with E-state index in [-0.39, 0.29) is 12.1 Å². The van der Waals surface area contributed by atoms with Crippen molar-refractivity contribution in [3.05, 3.63) is 53.7 Å². The van der Waals surface area contributed by atoms with Crippen molar-refractivity contribution in [3.8, 4) is 16.9 Å². The van der Waals surface area contributed by atoms with Crippen LogP contribution in [0.1, 0.15) is 43.5 Å². The first-order chi connectivity index (χ1) is 17.7. The minimum atomic E-state index is -3.36. The van der Waals surface area contributed by atoms with Crippen LogP contribution in [0.3, 0.4) is 0 Å². The van der Waals surface area contributed by atoms with E-state index in [0.717, 1.165) is 51.0 Å². The summed E-state index contributed by atoms with van der Waals surface area (Å²) < 4.78 is 42.0. The molecule has 0 amide bonds. The highest BCUT2D eigenvalue weighted by atomic mass is 32.2. The predicted octanol–water partition coefficient (Wildman–Crippen LogP) is 3.59. The number of rotatable bonds is 6. The van der Waals surface area contributed by atoms with E-state index in [0.29, 0.717) is 26.1 Å². The highest BCUT2D eigenvalue weighted by molar-refractivity contribution is 7.90. The summed E-state index contributed by atoms with van der Waals surface area (Å²) in [4.78, 5) is 11.8. The number of imidazole rings is 1. The first-order valence-corrected chi connectivity index (χ1v) is 14.1. The van der Waals surface area contributed by atoms with Crippen LogP contribution in [0.4, 0.5) is 5.95 Å². The lowest BCUT2D eigenvalue weighted by molar-refractivity contribution is 0.258. The van der Waals surface area contributed by atoms with Crippen molar-refractivity contribution in [2.45, 2.75) is 51.4 Å². The molecule has 11 heteroatoms. The van der Waals surface area contributed by atoms with Gasteiger partial charge in [0.05, 0.1) is 27.7 Å². The molecule has 37 heavy (non-hydrogen) atoms. The van der Waals surface area contributed by atoms with Crippen molar-refractivity contribution >= 4 is 27.0 Å². The van der Waals surface area contributed by atoms with Crippen LogP contribution in [-0.4, -0.2) is 59.1 Å². The number of ether oxygens (including phenoxy) is 1. The van der Waals surface area contributed by atoms with Crippen LogP contribution in [0.2, 0.25) is 0 Å². The van der Waals surface area contributed by atoms with Crippen LogP contribution in [-0.2, 0) is 10.0 Å². The normalized spacial score (nSPS) is 19.6. The van der Waals surface area contributed by atoms with Gasteiger partial charge in [0.2, 0.25) is 16.0 Å². The monoisotopic (exact) mass is 522 g/mol. The number of aromatic nitrogens is 4. The van der Waals surface area contributed by atoms with Gasteiger partial charge in [0, 0.05) is 30.9 Å². The van der Waals surface area contributed by atoms with Crippen molar-refractivity contribution in [2.75, 3.05) is 24.6 Å². The first kappa shape index (κ1) is 23.9. The molecule has 0 bridgehead atoms. The second kappa shape index (κ2) is 8.84. The first-order valence-electron chi connectivity index (χ1n) is 12.5. The molecule has 1 saturated heterocycles. The fraction of sp³-hybridized carbons (Fsp3) is 0.423. The molecule has 0 saturated carbocycles. The molecule has 2 atom stereocenters. The van der Waals surface area contributed by atoms with Gasteiger partial charge in [0.25, 0.3) is 0 Å². The molecule has 4 aromatic rings. The molecule has 0 unspecified atom stereocenters. The molecule has 194 valence electrons. The summed E-state index contributed by atoms with van der Waals surface area (Å²) in [6, 6.07) is 9.52. The molecule has 0 aliphatic carbocycles. The fourth-order valence-corrected chi connectivity index (χ4v) is 6.24. The number of hydrogen-bond donors (Lipinski definition) is 1. The summed E-state index contributed by atoms with van der Waals surface area (Å²) in [6.07, 6.45) is 2.49. The quantitative estimate of drug-likeness (QED) is 0.409. The Hall–Kier alpha value is -3.44. The number of aryl methyl sites for hydroxylation is 2. The lowest BCUT2D eigenvalue weighted by Crippen LogP contribution is -2.41. The Labute approximate surface area is 215 Å². The van der Waals surface area contributed by atoms with E-state index in [9.17, 15) is 8.42 Å². The van der Waals surface area contributed by atoms with E-state index in [2.05, 4.69) is 24.3 Å². The molecule has 0 spiro atoms. The number of benzene rings is 1. The second-order valence-electron chi connectivity index (χ2n) is 10.0. The molecule has 1 N–H and O–H groups in total. The molecule has 1 fully saturated rings. The van der Waals surface area contributed by atoms with Crippen molar-refractivity contribution in [1.29, 1.82) is 0 Å². The van der Waals surface area contributed by atoms with Crippen molar-refractivity contribution in [3.63, 3.8) is 0 Å². The van der Waals surface area contributed by atoms with Gasteiger partial charge >= 0.3 is 0 Å². The summed E-state index contributed by atoms with van der Waals surface area (Å²) in [5.41, 5.74) is 5.22. The van der Waals surface area contributed by atoms with Gasteiger partial charge in [-0.3, -0.25) is 9.55 Å². The summed E-state index contributed by atoms with van der Waals surface area (Å²) in [5, 5.41) is 3.66. The highest BCUT2D eigenvalue weighted by Crippen LogP contribution is 2.46. The van der Waals surface area contributed by atoms with E-state index in [1.165, 1.54) is 0 Å². The maximum Gasteiger partial charge on any atom is 0.214 e. The third-order valence-corrected chi connectivity index (χ3v) is 9.14. The van der Waals surface area contributed by atoms with Crippen LogP contribution in [0.25, 0.3) is 22.2 Å². The number of nitrogens with zero attached hydrogens (tertiary/aromatic N) is 5. The number of sulfonamides is 1. The van der Waals surface area contributed by atoms with Gasteiger partial charge < -0.3 is 14.2 Å². The largest absolute Gasteiger partial charge is 0.488 e. The second-order valence-corrected chi connectivity index (χ2v) is 12.3. The lowest BCUT2D eigenvalue weighted by Gasteiger charge is -2.30. The van der Waals surface area contributed by atoms with E-state index in [4.69, 9.17) is 14.2 Å².